The van der Waals surface area contributed by atoms with Gasteiger partial charge in [0.2, 0.25) is 0 Å². The molecule has 42 heavy (non-hydrogen) atoms. The third-order valence-electron chi connectivity index (χ3n) is 13.8. The maximum absolute atomic E-state index is 5.76. The molecule has 0 atom stereocenters. The summed E-state index contributed by atoms with van der Waals surface area (Å²) in [7, 11) is 3.86. The third kappa shape index (κ3) is 7.79. The van der Waals surface area contributed by atoms with Crippen molar-refractivity contribution in [2.24, 2.45) is 11.8 Å². The Morgan fingerprint density at radius 1 is 0.310 bits per heavy atom. The Hall–Kier alpha value is -0.160. The van der Waals surface area contributed by atoms with E-state index in [2.05, 4.69) is 9.80 Å². The molecule has 0 aromatic heterocycles. The predicted molar refractivity (Wildman–Crippen MR) is 175 cm³/mol. The molecule has 6 aliphatic carbocycles. The molecule has 0 saturated heterocycles. The van der Waals surface area contributed by atoms with Crippen molar-refractivity contribution in [2.45, 2.75) is 215 Å². The molecule has 6 saturated carbocycles. The molecular formula is C38H68N2O2. The zero-order valence-electron chi connectivity index (χ0n) is 27.9. The van der Waals surface area contributed by atoms with E-state index in [1.807, 2.05) is 14.2 Å². The predicted octanol–water partition coefficient (Wildman–Crippen LogP) is 9.29. The molecule has 0 aromatic rings. The lowest BCUT2D eigenvalue weighted by atomic mass is 9.70. The van der Waals surface area contributed by atoms with Crippen molar-refractivity contribution >= 4 is 0 Å². The number of nitrogens with zero attached hydrogens (tertiary/aromatic N) is 2. The van der Waals surface area contributed by atoms with Crippen molar-refractivity contribution in [2.75, 3.05) is 14.2 Å². The molecule has 0 aromatic carbocycles. The second-order valence-electron chi connectivity index (χ2n) is 15.9. The van der Waals surface area contributed by atoms with Crippen molar-refractivity contribution in [3.63, 3.8) is 0 Å². The first-order chi connectivity index (χ1) is 20.7. The zero-order chi connectivity index (χ0) is 28.7. The molecule has 242 valence electrons. The van der Waals surface area contributed by atoms with Crippen LogP contribution in [0.25, 0.3) is 0 Å². The van der Waals surface area contributed by atoms with Crippen molar-refractivity contribution in [3.8, 4) is 0 Å². The maximum Gasteiger partial charge on any atom is 0.0572 e. The molecular weight excluding hydrogens is 516 g/mol. The van der Waals surface area contributed by atoms with E-state index in [4.69, 9.17) is 9.47 Å². The van der Waals surface area contributed by atoms with Crippen LogP contribution in [0.3, 0.4) is 0 Å². The summed E-state index contributed by atoms with van der Waals surface area (Å²) >= 11 is 0. The van der Waals surface area contributed by atoms with Crippen molar-refractivity contribution in [1.29, 1.82) is 0 Å². The summed E-state index contributed by atoms with van der Waals surface area (Å²) in [6, 6.07) is 5.17. The Balaban J connectivity index is 1.02. The molecule has 6 aliphatic rings. The van der Waals surface area contributed by atoms with Crippen LogP contribution in [0.1, 0.15) is 167 Å². The molecule has 0 radical (unpaired) electrons. The molecule has 4 heteroatoms. The maximum atomic E-state index is 5.76. The lowest BCUT2D eigenvalue weighted by Gasteiger charge is -2.51. The molecule has 0 unspecified atom stereocenters. The number of rotatable bonds is 9. The second kappa shape index (κ2) is 15.9. The van der Waals surface area contributed by atoms with Crippen LogP contribution in [0.15, 0.2) is 0 Å². The average molecular weight is 585 g/mol. The summed E-state index contributed by atoms with van der Waals surface area (Å²) in [5.74, 6) is 2.03. The smallest absolute Gasteiger partial charge is 0.0572 e. The SMILES string of the molecule is COC1CCC(N(C2CCCCC2)C2CCC(C3CCC(N(C4CCCCC4)C4CCC(OC)CC4)CC3)CC2)CC1. The van der Waals surface area contributed by atoms with E-state index >= 15 is 0 Å². The van der Waals surface area contributed by atoms with Crippen LogP contribution in [0.2, 0.25) is 0 Å². The van der Waals surface area contributed by atoms with Crippen LogP contribution in [-0.2, 0) is 9.47 Å². The average Bonchev–Trinajstić information content (AvgIpc) is 3.07. The van der Waals surface area contributed by atoms with E-state index in [9.17, 15) is 0 Å². The summed E-state index contributed by atoms with van der Waals surface area (Å²) in [6.07, 6.45) is 38.4. The van der Waals surface area contributed by atoms with Gasteiger partial charge in [-0.3, -0.25) is 9.80 Å². The quantitative estimate of drug-likeness (QED) is 0.270. The first-order valence-corrected chi connectivity index (χ1v) is 19.3. The molecule has 6 fully saturated rings. The van der Waals surface area contributed by atoms with Gasteiger partial charge in [-0.25, -0.2) is 0 Å². The minimum atomic E-state index is 0.523. The van der Waals surface area contributed by atoms with Gasteiger partial charge in [-0.2, -0.15) is 0 Å². The third-order valence-corrected chi connectivity index (χ3v) is 13.8. The standard InChI is InChI=1S/C38H68N2O2/c1-41-37-25-21-35(22-26-37)39(31-9-5-3-6-10-31)33-17-13-29(14-18-33)30-15-19-34(20-16-30)40(32-11-7-4-8-12-32)36-23-27-38(42-2)28-24-36/h29-38H,3-28H2,1-2H3. The molecule has 0 heterocycles. The zero-order valence-corrected chi connectivity index (χ0v) is 27.9. The first kappa shape index (κ1) is 31.8. The van der Waals surface area contributed by atoms with Gasteiger partial charge in [0.1, 0.15) is 0 Å². The topological polar surface area (TPSA) is 24.9 Å². The van der Waals surface area contributed by atoms with Gasteiger partial charge in [-0.1, -0.05) is 38.5 Å². The number of hydrogen-bond donors (Lipinski definition) is 0. The lowest BCUT2D eigenvalue weighted by molar-refractivity contribution is -0.0257. The molecule has 0 N–H and O–H groups in total. The van der Waals surface area contributed by atoms with Crippen LogP contribution in [-0.4, -0.2) is 72.5 Å². The van der Waals surface area contributed by atoms with Gasteiger partial charge in [0.05, 0.1) is 12.2 Å². The van der Waals surface area contributed by atoms with Crippen molar-refractivity contribution in [1.82, 2.24) is 9.80 Å². The van der Waals surface area contributed by atoms with E-state index in [1.165, 1.54) is 167 Å². The Morgan fingerprint density at radius 2 is 0.571 bits per heavy atom. The van der Waals surface area contributed by atoms with Crippen LogP contribution in [0, 0.1) is 11.8 Å². The highest BCUT2D eigenvalue weighted by atomic mass is 16.5. The van der Waals surface area contributed by atoms with E-state index in [-0.39, 0.29) is 0 Å². The van der Waals surface area contributed by atoms with Gasteiger partial charge in [0.15, 0.2) is 0 Å². The Kier molecular flexibility index (Phi) is 12.0. The molecule has 0 bridgehead atoms. The van der Waals surface area contributed by atoms with E-state index in [1.54, 1.807) is 0 Å². The van der Waals surface area contributed by atoms with Crippen LogP contribution < -0.4 is 0 Å². The van der Waals surface area contributed by atoms with Crippen LogP contribution in [0.5, 0.6) is 0 Å². The minimum Gasteiger partial charge on any atom is -0.381 e. The Labute approximate surface area is 260 Å². The first-order valence-electron chi connectivity index (χ1n) is 19.3. The van der Waals surface area contributed by atoms with Gasteiger partial charge < -0.3 is 9.47 Å². The minimum absolute atomic E-state index is 0.523. The van der Waals surface area contributed by atoms with Gasteiger partial charge in [-0.05, 0) is 140 Å². The van der Waals surface area contributed by atoms with E-state index in [0.717, 1.165) is 48.1 Å². The molecule has 0 aliphatic heterocycles. The van der Waals surface area contributed by atoms with E-state index in [0.29, 0.717) is 12.2 Å². The van der Waals surface area contributed by atoms with Gasteiger partial charge in [0, 0.05) is 50.5 Å². The van der Waals surface area contributed by atoms with Crippen molar-refractivity contribution in [3.05, 3.63) is 0 Å². The monoisotopic (exact) mass is 585 g/mol. The van der Waals surface area contributed by atoms with Gasteiger partial charge in [-0.15, -0.1) is 0 Å². The summed E-state index contributed by atoms with van der Waals surface area (Å²) < 4.78 is 11.5. The molecule has 0 spiro atoms. The Morgan fingerprint density at radius 3 is 0.857 bits per heavy atom. The number of methoxy groups -OCH3 is 2. The summed E-state index contributed by atoms with van der Waals surface area (Å²) in [5.41, 5.74) is 0. The second-order valence-corrected chi connectivity index (χ2v) is 15.9. The largest absolute Gasteiger partial charge is 0.381 e. The highest BCUT2D eigenvalue weighted by molar-refractivity contribution is 4.96. The fraction of sp³-hybridized carbons (Fsp3) is 1.00. The number of ether oxygens (including phenoxy) is 2. The fourth-order valence-electron chi connectivity index (χ4n) is 11.4. The van der Waals surface area contributed by atoms with Crippen molar-refractivity contribution < 1.29 is 9.47 Å². The van der Waals surface area contributed by atoms with Crippen LogP contribution >= 0.6 is 0 Å². The summed E-state index contributed by atoms with van der Waals surface area (Å²) in [5, 5.41) is 0. The normalized spacial score (nSPS) is 40.0. The molecule has 4 nitrogen and oxygen atoms in total. The summed E-state index contributed by atoms with van der Waals surface area (Å²) in [4.78, 5) is 6.30. The van der Waals surface area contributed by atoms with Crippen LogP contribution in [0.4, 0.5) is 0 Å². The lowest BCUT2D eigenvalue weighted by Crippen LogP contribution is -2.53. The van der Waals surface area contributed by atoms with E-state index < -0.39 is 0 Å². The molecule has 0 amide bonds. The number of hydrogen-bond acceptors (Lipinski definition) is 4. The molecule has 6 rings (SSSR count). The highest BCUT2D eigenvalue weighted by Crippen LogP contribution is 2.44. The van der Waals surface area contributed by atoms with Gasteiger partial charge in [0.25, 0.3) is 0 Å². The Bertz CT molecular complexity index is 683. The van der Waals surface area contributed by atoms with Gasteiger partial charge >= 0.3 is 0 Å². The summed E-state index contributed by atoms with van der Waals surface area (Å²) in [6.45, 7) is 0. The highest BCUT2D eigenvalue weighted by Gasteiger charge is 2.41. The fourth-order valence-corrected chi connectivity index (χ4v) is 11.4.